The van der Waals surface area contributed by atoms with Crippen molar-refractivity contribution in [2.24, 2.45) is 0 Å². The molecule has 0 radical (unpaired) electrons. The zero-order valence-electron chi connectivity index (χ0n) is 13.1. The first-order valence-electron chi connectivity index (χ1n) is 7.30. The maximum atomic E-state index is 11.9. The first kappa shape index (κ1) is 15.5. The topological polar surface area (TPSA) is 50.2 Å². The highest BCUT2D eigenvalue weighted by Gasteiger charge is 2.22. The first-order chi connectivity index (χ1) is 10.9. The lowest BCUT2D eigenvalue weighted by atomic mass is 9.92. The summed E-state index contributed by atoms with van der Waals surface area (Å²) >= 11 is 6.35. The minimum absolute atomic E-state index is 0.204. The molecule has 0 aliphatic rings. The molecule has 23 heavy (non-hydrogen) atoms. The summed E-state index contributed by atoms with van der Waals surface area (Å²) in [5.74, 6) is -0.994. The number of pyridine rings is 1. The average Bonchev–Trinajstić information content (AvgIpc) is 2.47. The summed E-state index contributed by atoms with van der Waals surface area (Å²) in [6.07, 6.45) is 0. The van der Waals surface area contributed by atoms with Crippen LogP contribution in [0.3, 0.4) is 0 Å². The van der Waals surface area contributed by atoms with E-state index in [0.717, 1.165) is 22.0 Å². The molecule has 3 nitrogen and oxygen atoms in total. The van der Waals surface area contributed by atoms with Crippen molar-refractivity contribution in [3.8, 4) is 11.1 Å². The fraction of sp³-hybridized carbons (Fsp3) is 0.158. The van der Waals surface area contributed by atoms with Gasteiger partial charge in [-0.05, 0) is 38.5 Å². The van der Waals surface area contributed by atoms with Crippen molar-refractivity contribution in [1.82, 2.24) is 4.98 Å². The van der Waals surface area contributed by atoms with E-state index in [1.54, 1.807) is 13.0 Å². The van der Waals surface area contributed by atoms with Gasteiger partial charge >= 0.3 is 5.97 Å². The molecule has 2 aromatic carbocycles. The molecule has 1 aromatic heterocycles. The van der Waals surface area contributed by atoms with Gasteiger partial charge in [-0.3, -0.25) is 4.98 Å². The summed E-state index contributed by atoms with van der Waals surface area (Å²) in [7, 11) is 0. The molecular weight excluding hydrogens is 310 g/mol. The summed E-state index contributed by atoms with van der Waals surface area (Å²) in [5.41, 5.74) is 4.94. The molecule has 0 aliphatic heterocycles. The number of aromatic nitrogens is 1. The van der Waals surface area contributed by atoms with Gasteiger partial charge in [0.15, 0.2) is 0 Å². The van der Waals surface area contributed by atoms with E-state index in [1.165, 1.54) is 0 Å². The fourth-order valence-electron chi connectivity index (χ4n) is 3.04. The molecule has 0 bridgehead atoms. The van der Waals surface area contributed by atoms with Crippen molar-refractivity contribution < 1.29 is 9.90 Å². The third-order valence-corrected chi connectivity index (χ3v) is 4.29. The lowest BCUT2D eigenvalue weighted by molar-refractivity contribution is 0.0696. The van der Waals surface area contributed by atoms with Gasteiger partial charge in [0.05, 0.1) is 16.8 Å². The summed E-state index contributed by atoms with van der Waals surface area (Å²) < 4.78 is 0. The van der Waals surface area contributed by atoms with Crippen molar-refractivity contribution in [1.29, 1.82) is 0 Å². The highest BCUT2D eigenvalue weighted by atomic mass is 35.5. The molecule has 3 aromatic rings. The molecule has 1 heterocycles. The van der Waals surface area contributed by atoms with Gasteiger partial charge in [-0.25, -0.2) is 4.79 Å². The predicted octanol–water partition coefficient (Wildman–Crippen LogP) is 5.18. The number of aryl methyl sites for hydroxylation is 3. The van der Waals surface area contributed by atoms with E-state index in [1.807, 2.05) is 44.2 Å². The molecule has 0 spiro atoms. The van der Waals surface area contributed by atoms with Gasteiger partial charge in [-0.2, -0.15) is 0 Å². The normalized spacial score (nSPS) is 11.0. The van der Waals surface area contributed by atoms with Crippen molar-refractivity contribution in [3.63, 3.8) is 0 Å². The molecule has 0 saturated carbocycles. The predicted molar refractivity (Wildman–Crippen MR) is 93.4 cm³/mol. The minimum Gasteiger partial charge on any atom is -0.478 e. The lowest BCUT2D eigenvalue weighted by Crippen LogP contribution is -2.07. The number of rotatable bonds is 2. The second-order valence-electron chi connectivity index (χ2n) is 5.71. The molecule has 0 amide bonds. The maximum Gasteiger partial charge on any atom is 0.338 e. The van der Waals surface area contributed by atoms with Crippen LogP contribution in [0.4, 0.5) is 0 Å². The monoisotopic (exact) mass is 325 g/mol. The molecule has 0 atom stereocenters. The Kier molecular flexibility index (Phi) is 3.82. The molecular formula is C19H16ClNO2. The van der Waals surface area contributed by atoms with Crippen LogP contribution >= 0.6 is 11.6 Å². The fourth-order valence-corrected chi connectivity index (χ4v) is 3.27. The van der Waals surface area contributed by atoms with Crippen LogP contribution in [0.2, 0.25) is 5.02 Å². The Bertz CT molecular complexity index is 948. The van der Waals surface area contributed by atoms with Gasteiger partial charge in [-0.15, -0.1) is 0 Å². The Hall–Kier alpha value is -2.39. The highest BCUT2D eigenvalue weighted by molar-refractivity contribution is 6.34. The Balaban J connectivity index is 2.58. The van der Waals surface area contributed by atoms with Crippen LogP contribution in [0.5, 0.6) is 0 Å². The molecule has 0 fully saturated rings. The molecule has 0 saturated heterocycles. The van der Waals surface area contributed by atoms with Crippen LogP contribution in [-0.2, 0) is 0 Å². The van der Waals surface area contributed by atoms with E-state index in [-0.39, 0.29) is 5.56 Å². The smallest absolute Gasteiger partial charge is 0.338 e. The van der Waals surface area contributed by atoms with Crippen LogP contribution < -0.4 is 0 Å². The van der Waals surface area contributed by atoms with Gasteiger partial charge < -0.3 is 5.11 Å². The lowest BCUT2D eigenvalue weighted by Gasteiger charge is -2.16. The molecule has 0 aliphatic carbocycles. The Labute approximate surface area is 139 Å². The average molecular weight is 326 g/mol. The van der Waals surface area contributed by atoms with Crippen LogP contribution in [0, 0.1) is 20.8 Å². The standard InChI is InChI=1S/C19H16ClNO2/c1-10-8-11(2)18-14(9-10)17(13-6-4-5-7-15(13)20)16(19(22)23)12(3)21-18/h4-9H,1-3H3,(H,22,23). The second kappa shape index (κ2) is 5.67. The molecule has 1 N–H and O–H groups in total. The van der Waals surface area contributed by atoms with Gasteiger partial charge in [0, 0.05) is 21.5 Å². The summed E-state index contributed by atoms with van der Waals surface area (Å²) in [6, 6.07) is 11.3. The summed E-state index contributed by atoms with van der Waals surface area (Å²) in [5, 5.41) is 11.1. The molecule has 4 heteroatoms. The number of halogens is 1. The van der Waals surface area contributed by atoms with Crippen LogP contribution in [-0.4, -0.2) is 16.1 Å². The van der Waals surface area contributed by atoms with E-state index in [4.69, 9.17) is 11.6 Å². The Morgan fingerprint density at radius 3 is 2.48 bits per heavy atom. The number of fused-ring (bicyclic) bond motifs is 1. The highest BCUT2D eigenvalue weighted by Crippen LogP contribution is 2.38. The van der Waals surface area contributed by atoms with Crippen LogP contribution in [0.15, 0.2) is 36.4 Å². The molecule has 3 rings (SSSR count). The van der Waals surface area contributed by atoms with E-state index in [9.17, 15) is 9.90 Å². The minimum atomic E-state index is -0.994. The zero-order chi connectivity index (χ0) is 16.7. The quantitative estimate of drug-likeness (QED) is 0.706. The van der Waals surface area contributed by atoms with E-state index < -0.39 is 5.97 Å². The van der Waals surface area contributed by atoms with Gasteiger partial charge in [-0.1, -0.05) is 41.4 Å². The van der Waals surface area contributed by atoms with Gasteiger partial charge in [0.1, 0.15) is 0 Å². The SMILES string of the molecule is Cc1cc(C)c2nc(C)c(C(=O)O)c(-c3ccccc3Cl)c2c1. The van der Waals surface area contributed by atoms with Crippen LogP contribution in [0.25, 0.3) is 22.0 Å². The number of carboxylic acids is 1. The van der Waals surface area contributed by atoms with Crippen molar-refractivity contribution in [2.75, 3.05) is 0 Å². The Morgan fingerprint density at radius 2 is 1.83 bits per heavy atom. The van der Waals surface area contributed by atoms with Crippen molar-refractivity contribution in [3.05, 3.63) is 63.8 Å². The zero-order valence-corrected chi connectivity index (χ0v) is 13.9. The largest absolute Gasteiger partial charge is 0.478 e. The number of nitrogens with zero attached hydrogens (tertiary/aromatic N) is 1. The van der Waals surface area contributed by atoms with E-state index in [0.29, 0.717) is 21.8 Å². The Morgan fingerprint density at radius 1 is 1.13 bits per heavy atom. The number of benzene rings is 2. The number of hydrogen-bond acceptors (Lipinski definition) is 2. The third-order valence-electron chi connectivity index (χ3n) is 3.96. The van der Waals surface area contributed by atoms with E-state index in [2.05, 4.69) is 4.98 Å². The second-order valence-corrected chi connectivity index (χ2v) is 6.12. The maximum absolute atomic E-state index is 11.9. The number of carbonyl (C=O) groups is 1. The van der Waals surface area contributed by atoms with Crippen molar-refractivity contribution in [2.45, 2.75) is 20.8 Å². The van der Waals surface area contributed by atoms with Gasteiger partial charge in [0.25, 0.3) is 0 Å². The van der Waals surface area contributed by atoms with Crippen molar-refractivity contribution >= 4 is 28.5 Å². The first-order valence-corrected chi connectivity index (χ1v) is 7.67. The number of hydrogen-bond donors (Lipinski definition) is 1. The molecule has 0 unspecified atom stereocenters. The third kappa shape index (κ3) is 2.57. The summed E-state index contributed by atoms with van der Waals surface area (Å²) in [6.45, 7) is 5.70. The number of carboxylic acid groups (broad SMARTS) is 1. The molecule has 116 valence electrons. The van der Waals surface area contributed by atoms with Crippen LogP contribution in [0.1, 0.15) is 27.2 Å². The number of aromatic carboxylic acids is 1. The van der Waals surface area contributed by atoms with Gasteiger partial charge in [0.2, 0.25) is 0 Å². The van der Waals surface area contributed by atoms with E-state index >= 15 is 0 Å². The summed E-state index contributed by atoms with van der Waals surface area (Å²) in [4.78, 5) is 16.4.